The molecule has 11 heteroatoms. The molecule has 0 radical (unpaired) electrons. The molecule has 2 aliphatic carbocycles. The summed E-state index contributed by atoms with van der Waals surface area (Å²) in [6.07, 6.45) is 6.20. The molecule has 3 heterocycles. The number of amides is 1. The Balaban J connectivity index is 1.53. The summed E-state index contributed by atoms with van der Waals surface area (Å²) in [5, 5.41) is 11.7. The molecule has 6 unspecified atom stereocenters. The monoisotopic (exact) mass is 512 g/mol. The highest BCUT2D eigenvalue weighted by Crippen LogP contribution is 2.40. The number of imidazole rings is 1. The van der Waals surface area contributed by atoms with Gasteiger partial charge in [-0.25, -0.2) is 14.8 Å². The lowest BCUT2D eigenvalue weighted by atomic mass is 9.71. The number of hydrogen-bond acceptors (Lipinski definition) is 9. The van der Waals surface area contributed by atoms with Crippen molar-refractivity contribution in [3.63, 3.8) is 0 Å². The molecule has 2 aromatic heterocycles. The Kier molecular flexibility index (Phi) is 7.24. The third kappa shape index (κ3) is 5.23. The molecular weight excluding hydrogens is 472 g/mol. The maximum Gasteiger partial charge on any atom is 0.411 e. The minimum absolute atomic E-state index is 0.0334. The van der Waals surface area contributed by atoms with Crippen molar-refractivity contribution >= 4 is 34.9 Å². The van der Waals surface area contributed by atoms with Crippen LogP contribution in [-0.4, -0.2) is 63.3 Å². The van der Waals surface area contributed by atoms with Crippen LogP contribution < -0.4 is 16.0 Å². The van der Waals surface area contributed by atoms with Crippen molar-refractivity contribution in [1.29, 1.82) is 5.41 Å². The van der Waals surface area contributed by atoms with E-state index < -0.39 is 12.0 Å². The van der Waals surface area contributed by atoms with Crippen molar-refractivity contribution in [3.8, 4) is 0 Å². The molecule has 2 saturated carbocycles. The van der Waals surface area contributed by atoms with E-state index >= 15 is 0 Å². The number of nitrogens with two attached hydrogens (primary N) is 1. The topological polar surface area (TPSA) is 155 Å². The first-order valence-corrected chi connectivity index (χ1v) is 13.7. The second-order valence-corrected chi connectivity index (χ2v) is 11.4. The van der Waals surface area contributed by atoms with Crippen molar-refractivity contribution < 1.29 is 14.3 Å². The first kappa shape index (κ1) is 25.7. The fraction of sp³-hybridized carbons (Fsp3) is 0.731. The van der Waals surface area contributed by atoms with E-state index in [4.69, 9.17) is 25.6 Å². The number of nitrogens with one attached hydrogen (secondary N) is 3. The number of hydrogen-bond donors (Lipinski definition) is 4. The Labute approximate surface area is 217 Å². The summed E-state index contributed by atoms with van der Waals surface area (Å²) in [5.74, 6) is 3.13. The molecule has 37 heavy (non-hydrogen) atoms. The van der Waals surface area contributed by atoms with Crippen LogP contribution in [0.4, 0.5) is 16.6 Å². The van der Waals surface area contributed by atoms with Gasteiger partial charge in [-0.1, -0.05) is 33.1 Å². The normalized spacial score (nSPS) is 29.5. The number of aromatic amines is 1. The van der Waals surface area contributed by atoms with Crippen LogP contribution in [0.25, 0.3) is 11.2 Å². The average molecular weight is 513 g/mol. The van der Waals surface area contributed by atoms with E-state index in [1.54, 1.807) is 0 Å². The lowest BCUT2D eigenvalue weighted by molar-refractivity contribution is 0.0285. The number of fused-ring (bicyclic) bond motifs is 1. The summed E-state index contributed by atoms with van der Waals surface area (Å²) in [4.78, 5) is 31.1. The smallest absolute Gasteiger partial charge is 0.388 e. The number of anilines is 2. The molecule has 2 aromatic rings. The summed E-state index contributed by atoms with van der Waals surface area (Å²) in [6.45, 7) is 10.3. The predicted octanol–water partition coefficient (Wildman–Crippen LogP) is 4.04. The maximum atomic E-state index is 11.3. The van der Waals surface area contributed by atoms with Crippen LogP contribution in [0.15, 0.2) is 0 Å². The number of carbonyl (C=O) groups excluding carboxylic acids is 1. The molecule has 0 bridgehead atoms. The average Bonchev–Trinajstić information content (AvgIpc) is 3.23. The number of aromatic nitrogens is 4. The summed E-state index contributed by atoms with van der Waals surface area (Å²) in [5.41, 5.74) is 6.24. The van der Waals surface area contributed by atoms with Crippen LogP contribution in [0.2, 0.25) is 0 Å². The number of nitrogens with zero attached hydrogens (tertiary/aromatic N) is 4. The van der Waals surface area contributed by atoms with Crippen molar-refractivity contribution in [1.82, 2.24) is 19.9 Å². The van der Waals surface area contributed by atoms with Crippen LogP contribution in [0.5, 0.6) is 0 Å². The molecule has 3 aliphatic rings. The Morgan fingerprint density at radius 1 is 1.19 bits per heavy atom. The van der Waals surface area contributed by atoms with E-state index in [2.05, 4.69) is 52.9 Å². The highest BCUT2D eigenvalue weighted by atomic mass is 16.6. The summed E-state index contributed by atoms with van der Waals surface area (Å²) >= 11 is 0. The summed E-state index contributed by atoms with van der Waals surface area (Å²) in [7, 11) is 0. The van der Waals surface area contributed by atoms with Crippen LogP contribution in [-0.2, 0) is 9.47 Å². The van der Waals surface area contributed by atoms with E-state index in [0.717, 1.165) is 5.95 Å². The molecule has 3 fully saturated rings. The zero-order chi connectivity index (χ0) is 26.3. The lowest BCUT2D eigenvalue weighted by Crippen LogP contribution is -2.56. The van der Waals surface area contributed by atoms with Gasteiger partial charge in [-0.2, -0.15) is 4.98 Å². The zero-order valence-corrected chi connectivity index (χ0v) is 22.3. The molecule has 11 nitrogen and oxygen atoms in total. The lowest BCUT2D eigenvalue weighted by Gasteiger charge is -2.47. The summed E-state index contributed by atoms with van der Waals surface area (Å²) in [6, 6.07) is 0.534. The Bertz CT molecular complexity index is 1150. The van der Waals surface area contributed by atoms with E-state index in [9.17, 15) is 4.79 Å². The van der Waals surface area contributed by atoms with Gasteiger partial charge in [-0.15, -0.1) is 0 Å². The molecule has 202 valence electrons. The van der Waals surface area contributed by atoms with E-state index in [1.165, 1.54) is 38.5 Å². The van der Waals surface area contributed by atoms with Gasteiger partial charge in [0, 0.05) is 6.04 Å². The first-order valence-electron chi connectivity index (χ1n) is 13.7. The highest BCUT2D eigenvalue weighted by molar-refractivity contribution is 5.97. The Hall–Kier alpha value is -2.95. The fourth-order valence-corrected chi connectivity index (χ4v) is 6.29. The van der Waals surface area contributed by atoms with Crippen LogP contribution in [0.1, 0.15) is 72.0 Å². The highest BCUT2D eigenvalue weighted by Gasteiger charge is 2.40. The number of carbonyl (C=O) groups is 1. The maximum absolute atomic E-state index is 11.3. The molecule has 5 rings (SSSR count). The van der Waals surface area contributed by atoms with Gasteiger partial charge in [0.15, 0.2) is 11.5 Å². The molecule has 6 atom stereocenters. The van der Waals surface area contributed by atoms with Crippen LogP contribution in [0.3, 0.4) is 0 Å². The van der Waals surface area contributed by atoms with Gasteiger partial charge in [-0.05, 0) is 56.8 Å². The number of H-pyrrole nitrogens is 1. The van der Waals surface area contributed by atoms with Gasteiger partial charge in [0.2, 0.25) is 11.8 Å². The van der Waals surface area contributed by atoms with Crippen LogP contribution in [0, 0.1) is 29.1 Å². The number of morpholine rings is 1. The van der Waals surface area contributed by atoms with Crippen molar-refractivity contribution in [3.05, 3.63) is 5.82 Å². The van der Waals surface area contributed by atoms with Gasteiger partial charge in [0.25, 0.3) is 5.90 Å². The molecule has 1 amide bonds. The van der Waals surface area contributed by atoms with Gasteiger partial charge >= 0.3 is 6.09 Å². The Morgan fingerprint density at radius 2 is 1.97 bits per heavy atom. The van der Waals surface area contributed by atoms with Crippen molar-refractivity contribution in [2.45, 2.75) is 84.3 Å². The molecule has 0 aromatic carbocycles. The second kappa shape index (κ2) is 10.4. The number of rotatable bonds is 6. The van der Waals surface area contributed by atoms with Gasteiger partial charge < -0.3 is 30.4 Å². The minimum atomic E-state index is -1.07. The molecule has 1 aliphatic heterocycles. The number of primary amides is 1. The standard InChI is InChI=1S/C26H40N8O3/c1-13-8-9-14(2)18(10-13)19-12-36-11-15(3)34(19)26-30-20-22(29-16(4)17-6-5-7-17)31-24(32-23(20)33-26)21(27)37-25(28)35/h13-19,27H,5-12H2,1-4H3,(H2,28,35)(H2,29,30,31,32,33). The molecular formula is C26H40N8O3. The van der Waals surface area contributed by atoms with E-state index in [0.29, 0.717) is 53.9 Å². The number of ether oxygens (including phenoxy) is 2. The van der Waals surface area contributed by atoms with Crippen molar-refractivity contribution in [2.24, 2.45) is 29.4 Å². The molecule has 5 N–H and O–H groups in total. The Morgan fingerprint density at radius 3 is 2.68 bits per heavy atom. The van der Waals surface area contributed by atoms with E-state index in [1.807, 2.05) is 0 Å². The molecule has 1 saturated heterocycles. The van der Waals surface area contributed by atoms with Gasteiger partial charge in [0.05, 0.1) is 25.3 Å². The third-order valence-electron chi connectivity index (χ3n) is 8.70. The van der Waals surface area contributed by atoms with Crippen LogP contribution >= 0.6 is 0 Å². The van der Waals surface area contributed by atoms with Gasteiger partial charge in [-0.3, -0.25) is 5.41 Å². The minimum Gasteiger partial charge on any atom is -0.388 e. The van der Waals surface area contributed by atoms with Crippen molar-refractivity contribution in [2.75, 3.05) is 23.4 Å². The quantitative estimate of drug-likeness (QED) is 0.334. The first-order chi connectivity index (χ1) is 17.7. The van der Waals surface area contributed by atoms with Gasteiger partial charge in [0.1, 0.15) is 5.52 Å². The second-order valence-electron chi connectivity index (χ2n) is 11.4. The zero-order valence-electron chi connectivity index (χ0n) is 22.3. The molecule has 0 spiro atoms. The van der Waals surface area contributed by atoms with E-state index in [-0.39, 0.29) is 23.9 Å². The SMILES string of the molecule is CC1CCC(C)C(C2COCC(C)N2c2nc3nc(C(=N)OC(N)=O)nc(NC(C)C4CCC4)c3[nH]2)C1. The summed E-state index contributed by atoms with van der Waals surface area (Å²) < 4.78 is 10.8. The largest absolute Gasteiger partial charge is 0.411 e. The predicted molar refractivity (Wildman–Crippen MR) is 142 cm³/mol. The fourth-order valence-electron chi connectivity index (χ4n) is 6.29. The third-order valence-corrected chi connectivity index (χ3v) is 8.70.